The van der Waals surface area contributed by atoms with E-state index in [1.807, 2.05) is 41.3 Å². The molecule has 1 aliphatic rings. The minimum absolute atomic E-state index is 0.0477. The molecule has 29 heavy (non-hydrogen) atoms. The minimum Gasteiger partial charge on any atom is -0.278 e. The fourth-order valence-electron chi connectivity index (χ4n) is 3.43. The Kier molecular flexibility index (Phi) is 4.81. The highest BCUT2D eigenvalue weighted by Crippen LogP contribution is 2.48. The third kappa shape index (κ3) is 3.23. The van der Waals surface area contributed by atoms with Gasteiger partial charge in [0, 0.05) is 20.1 Å². The van der Waals surface area contributed by atoms with E-state index in [1.165, 1.54) is 22.2 Å². The first-order valence-corrected chi connectivity index (χ1v) is 11.8. The number of anilines is 2. The summed E-state index contributed by atoms with van der Waals surface area (Å²) in [6, 6.07) is 16.1. The van der Waals surface area contributed by atoms with Crippen molar-refractivity contribution in [3.63, 3.8) is 0 Å². The summed E-state index contributed by atoms with van der Waals surface area (Å²) < 4.78 is 0. The molecule has 0 bridgehead atoms. The molecule has 2 aromatic heterocycles. The van der Waals surface area contributed by atoms with Gasteiger partial charge in [0.2, 0.25) is 5.91 Å². The Bertz CT molecular complexity index is 1210. The van der Waals surface area contributed by atoms with E-state index in [2.05, 4.69) is 35.9 Å². The molecule has 0 saturated carbocycles. The average Bonchev–Trinajstić information content (AvgIpc) is 3.04. The summed E-state index contributed by atoms with van der Waals surface area (Å²) in [6.45, 7) is 4.19. The molecule has 0 fully saturated rings. The first-order chi connectivity index (χ1) is 14.1. The Morgan fingerprint density at radius 1 is 1.00 bits per heavy atom. The molecule has 1 amide bonds. The summed E-state index contributed by atoms with van der Waals surface area (Å²) in [5, 5.41) is 1.95. The Labute approximate surface area is 181 Å². The summed E-state index contributed by atoms with van der Waals surface area (Å²) in [6.07, 6.45) is 1.59. The van der Waals surface area contributed by atoms with E-state index < -0.39 is 0 Å². The van der Waals surface area contributed by atoms with E-state index in [4.69, 9.17) is 0 Å². The van der Waals surface area contributed by atoms with Crippen molar-refractivity contribution >= 4 is 62.4 Å². The van der Waals surface area contributed by atoms with Crippen LogP contribution < -0.4 is 4.90 Å². The van der Waals surface area contributed by atoms with Gasteiger partial charge in [0.15, 0.2) is 0 Å². The first kappa shape index (κ1) is 18.7. The molecule has 0 spiro atoms. The lowest BCUT2D eigenvalue weighted by atomic mass is 10.2. The molecular formula is C22H17N3OS3. The molecule has 0 radical (unpaired) electrons. The van der Waals surface area contributed by atoms with Gasteiger partial charge in [-0.05, 0) is 43.7 Å². The monoisotopic (exact) mass is 435 g/mol. The second kappa shape index (κ2) is 7.48. The van der Waals surface area contributed by atoms with Gasteiger partial charge < -0.3 is 0 Å². The van der Waals surface area contributed by atoms with Crippen LogP contribution in [0.3, 0.4) is 0 Å². The number of hydrogen-bond acceptors (Lipinski definition) is 6. The molecule has 0 atom stereocenters. The molecule has 1 aliphatic heterocycles. The van der Waals surface area contributed by atoms with Gasteiger partial charge >= 0.3 is 0 Å². The highest BCUT2D eigenvalue weighted by atomic mass is 32.2. The first-order valence-electron chi connectivity index (χ1n) is 9.16. The molecule has 0 N–H and O–H groups in total. The molecule has 3 heterocycles. The molecular weight excluding hydrogens is 418 g/mol. The summed E-state index contributed by atoms with van der Waals surface area (Å²) in [5.74, 6) is 0.361. The van der Waals surface area contributed by atoms with Crippen molar-refractivity contribution in [1.82, 2.24) is 9.97 Å². The van der Waals surface area contributed by atoms with Gasteiger partial charge in [-0.15, -0.1) is 11.3 Å². The number of para-hydroxylation sites is 2. The number of thioether (sulfide) groups is 1. The van der Waals surface area contributed by atoms with Crippen molar-refractivity contribution in [2.75, 3.05) is 10.7 Å². The number of amides is 1. The summed E-state index contributed by atoms with van der Waals surface area (Å²) >= 11 is 4.86. The van der Waals surface area contributed by atoms with Crippen LogP contribution >= 0.6 is 34.9 Å². The van der Waals surface area contributed by atoms with Crippen molar-refractivity contribution in [1.29, 1.82) is 0 Å². The fourth-order valence-corrected chi connectivity index (χ4v) is 6.45. The predicted molar refractivity (Wildman–Crippen MR) is 122 cm³/mol. The minimum atomic E-state index is 0.0477. The molecule has 2 aromatic carbocycles. The van der Waals surface area contributed by atoms with Crippen molar-refractivity contribution in [3.8, 4) is 0 Å². The number of carbonyl (C=O) groups excluding carboxylic acids is 1. The van der Waals surface area contributed by atoms with Crippen LogP contribution in [0, 0.1) is 13.8 Å². The van der Waals surface area contributed by atoms with Gasteiger partial charge in [-0.3, -0.25) is 9.69 Å². The van der Waals surface area contributed by atoms with E-state index in [-0.39, 0.29) is 5.91 Å². The Morgan fingerprint density at radius 2 is 1.66 bits per heavy atom. The van der Waals surface area contributed by atoms with Crippen molar-refractivity contribution < 1.29 is 4.79 Å². The molecule has 0 aliphatic carbocycles. The summed E-state index contributed by atoms with van der Waals surface area (Å²) in [5.41, 5.74) is 3.08. The summed E-state index contributed by atoms with van der Waals surface area (Å²) in [7, 11) is 0. The number of thiophene rings is 1. The van der Waals surface area contributed by atoms with E-state index in [1.54, 1.807) is 29.4 Å². The highest BCUT2D eigenvalue weighted by molar-refractivity contribution is 8.00. The predicted octanol–water partition coefficient (Wildman–Crippen LogP) is 6.23. The zero-order chi connectivity index (χ0) is 20.0. The van der Waals surface area contributed by atoms with Gasteiger partial charge in [-0.25, -0.2) is 9.97 Å². The maximum Gasteiger partial charge on any atom is 0.242 e. The number of rotatable bonds is 3. The molecule has 4 nitrogen and oxygen atoms in total. The largest absolute Gasteiger partial charge is 0.278 e. The van der Waals surface area contributed by atoms with Crippen molar-refractivity contribution in [3.05, 3.63) is 65.3 Å². The van der Waals surface area contributed by atoms with E-state index in [9.17, 15) is 4.79 Å². The SMILES string of the molecule is Cc1sc2ncnc(SCC(=O)N3c4ccccc4Sc4ccccc43)c2c1C. The van der Waals surface area contributed by atoms with Crippen LogP contribution in [0.2, 0.25) is 0 Å². The zero-order valence-electron chi connectivity index (χ0n) is 15.9. The topological polar surface area (TPSA) is 46.1 Å². The lowest BCUT2D eigenvalue weighted by Gasteiger charge is -2.31. The van der Waals surface area contributed by atoms with E-state index in [0.29, 0.717) is 5.75 Å². The standard InChI is InChI=1S/C22H17N3OS3/c1-13-14(2)28-22-20(13)21(23-12-24-22)27-11-19(26)25-15-7-3-5-9-17(15)29-18-10-6-4-8-16(18)25/h3-10,12H,11H2,1-2H3. The normalized spacial score (nSPS) is 12.7. The van der Waals surface area contributed by atoms with Gasteiger partial charge in [-0.1, -0.05) is 47.8 Å². The lowest BCUT2D eigenvalue weighted by Crippen LogP contribution is -2.30. The average molecular weight is 436 g/mol. The van der Waals surface area contributed by atoms with Crippen LogP contribution in [0.15, 0.2) is 69.7 Å². The molecule has 144 valence electrons. The second-order valence-electron chi connectivity index (χ2n) is 6.70. The van der Waals surface area contributed by atoms with E-state index >= 15 is 0 Å². The third-order valence-electron chi connectivity index (χ3n) is 4.94. The van der Waals surface area contributed by atoms with Crippen LogP contribution in [0.25, 0.3) is 10.2 Å². The Balaban J connectivity index is 1.48. The lowest BCUT2D eigenvalue weighted by molar-refractivity contribution is -0.115. The number of fused-ring (bicyclic) bond motifs is 3. The maximum atomic E-state index is 13.4. The highest BCUT2D eigenvalue weighted by Gasteiger charge is 2.28. The van der Waals surface area contributed by atoms with E-state index in [0.717, 1.165) is 36.4 Å². The van der Waals surface area contributed by atoms with Crippen LogP contribution in [0.5, 0.6) is 0 Å². The molecule has 7 heteroatoms. The third-order valence-corrected chi connectivity index (χ3v) is 8.16. The van der Waals surface area contributed by atoms with Gasteiger partial charge in [0.1, 0.15) is 16.2 Å². The van der Waals surface area contributed by atoms with Gasteiger partial charge in [0.25, 0.3) is 0 Å². The number of aromatic nitrogens is 2. The van der Waals surface area contributed by atoms with Crippen LogP contribution in [0.1, 0.15) is 10.4 Å². The number of benzene rings is 2. The molecule has 4 aromatic rings. The number of hydrogen-bond donors (Lipinski definition) is 0. The molecule has 0 unspecified atom stereocenters. The fraction of sp³-hybridized carbons (Fsp3) is 0.136. The zero-order valence-corrected chi connectivity index (χ0v) is 18.3. The number of carbonyl (C=O) groups is 1. The Hall–Kier alpha value is -2.35. The molecule has 0 saturated heterocycles. The van der Waals surface area contributed by atoms with Crippen LogP contribution in [0.4, 0.5) is 11.4 Å². The van der Waals surface area contributed by atoms with Gasteiger partial charge in [0.05, 0.1) is 17.1 Å². The molecule has 5 rings (SSSR count). The quantitative estimate of drug-likeness (QED) is 0.282. The number of aryl methyl sites for hydroxylation is 2. The second-order valence-corrected chi connectivity index (χ2v) is 9.95. The van der Waals surface area contributed by atoms with Crippen LogP contribution in [-0.2, 0) is 4.79 Å². The maximum absolute atomic E-state index is 13.4. The smallest absolute Gasteiger partial charge is 0.242 e. The number of nitrogens with zero attached hydrogens (tertiary/aromatic N) is 3. The Morgan fingerprint density at radius 3 is 2.34 bits per heavy atom. The van der Waals surface area contributed by atoms with Gasteiger partial charge in [-0.2, -0.15) is 0 Å². The van der Waals surface area contributed by atoms with Crippen molar-refractivity contribution in [2.45, 2.75) is 28.7 Å². The van der Waals surface area contributed by atoms with Crippen molar-refractivity contribution in [2.24, 2.45) is 0 Å². The van der Waals surface area contributed by atoms with Crippen LogP contribution in [-0.4, -0.2) is 21.6 Å². The summed E-state index contributed by atoms with van der Waals surface area (Å²) in [4.78, 5) is 28.5.